The third-order valence-corrected chi connectivity index (χ3v) is 9.56. The van der Waals surface area contributed by atoms with Crippen molar-refractivity contribution in [2.24, 2.45) is 5.73 Å². The van der Waals surface area contributed by atoms with Crippen LogP contribution in [0.25, 0.3) is 27.2 Å². The van der Waals surface area contributed by atoms with Gasteiger partial charge >= 0.3 is 0 Å². The van der Waals surface area contributed by atoms with Crippen molar-refractivity contribution in [2.75, 3.05) is 39.3 Å². The molecule has 5 aromatic rings. The Morgan fingerprint density at radius 2 is 1.86 bits per heavy atom. The van der Waals surface area contributed by atoms with Crippen LogP contribution in [0, 0.1) is 0 Å². The Balaban J connectivity index is 1.15. The molecule has 0 bridgehead atoms. The molecule has 0 saturated carbocycles. The molecule has 2 N–H and O–H groups in total. The van der Waals surface area contributed by atoms with Crippen LogP contribution in [-0.4, -0.2) is 74.3 Å². The van der Waals surface area contributed by atoms with Gasteiger partial charge in [-0.25, -0.2) is 4.98 Å². The zero-order chi connectivity index (χ0) is 29.9. The second-order valence-corrected chi connectivity index (χ2v) is 12.3. The number of piperazine rings is 1. The Bertz CT molecular complexity index is 1720. The third kappa shape index (κ3) is 6.47. The van der Waals surface area contributed by atoms with Crippen LogP contribution in [0.1, 0.15) is 41.6 Å². The Hall–Kier alpha value is -3.70. The van der Waals surface area contributed by atoms with Crippen molar-refractivity contribution in [2.45, 2.75) is 32.9 Å². The molecular formula is C32H36ClN7O2S. The second kappa shape index (κ2) is 12.9. The van der Waals surface area contributed by atoms with Crippen molar-refractivity contribution >= 4 is 39.9 Å². The van der Waals surface area contributed by atoms with E-state index in [9.17, 15) is 4.79 Å². The predicted molar refractivity (Wildman–Crippen MR) is 172 cm³/mol. The number of ether oxygens (including phenoxy) is 1. The molecule has 1 saturated heterocycles. The summed E-state index contributed by atoms with van der Waals surface area (Å²) in [6.45, 7) is 11.9. The summed E-state index contributed by atoms with van der Waals surface area (Å²) < 4.78 is 10.2. The summed E-state index contributed by atoms with van der Waals surface area (Å²) in [7, 11) is 0. The number of benzene rings is 2. The van der Waals surface area contributed by atoms with E-state index in [1.807, 2.05) is 58.8 Å². The Kier molecular flexibility index (Phi) is 8.80. The monoisotopic (exact) mass is 617 g/mol. The number of imidazole rings is 1. The topological polar surface area (TPSA) is 94.4 Å². The Labute approximate surface area is 260 Å². The van der Waals surface area contributed by atoms with Crippen LogP contribution in [-0.2, 0) is 6.54 Å². The smallest absolute Gasteiger partial charge is 0.262 e. The molecule has 224 valence electrons. The number of rotatable bonds is 11. The number of hydrogen-bond donors (Lipinski definition) is 1. The molecule has 1 amide bonds. The molecule has 6 rings (SSSR count). The van der Waals surface area contributed by atoms with E-state index in [0.717, 1.165) is 85.0 Å². The first kappa shape index (κ1) is 29.4. The van der Waals surface area contributed by atoms with Crippen LogP contribution in [0.5, 0.6) is 5.75 Å². The van der Waals surface area contributed by atoms with E-state index in [4.69, 9.17) is 22.1 Å². The van der Waals surface area contributed by atoms with E-state index < -0.39 is 5.91 Å². The maximum absolute atomic E-state index is 12.3. The lowest BCUT2D eigenvalue weighted by molar-refractivity contribution is 0.0998. The highest BCUT2D eigenvalue weighted by atomic mass is 35.5. The third-order valence-electron chi connectivity index (χ3n) is 8.08. The van der Waals surface area contributed by atoms with E-state index in [1.54, 1.807) is 6.33 Å². The van der Waals surface area contributed by atoms with Gasteiger partial charge in [-0.2, -0.15) is 5.10 Å². The molecular weight excluding hydrogens is 582 g/mol. The normalized spacial score (nSPS) is 15.2. The van der Waals surface area contributed by atoms with Gasteiger partial charge in [0.05, 0.1) is 17.2 Å². The maximum Gasteiger partial charge on any atom is 0.262 e. The van der Waals surface area contributed by atoms with Crippen LogP contribution in [0.15, 0.2) is 67.3 Å². The molecule has 0 aliphatic carbocycles. The largest absolute Gasteiger partial charge is 0.484 e. The van der Waals surface area contributed by atoms with Gasteiger partial charge in [0.2, 0.25) is 0 Å². The highest BCUT2D eigenvalue weighted by Gasteiger charge is 2.21. The summed E-state index contributed by atoms with van der Waals surface area (Å²) in [5, 5.41) is 6.01. The van der Waals surface area contributed by atoms with Gasteiger partial charge in [0.15, 0.2) is 0 Å². The van der Waals surface area contributed by atoms with Crippen LogP contribution < -0.4 is 10.5 Å². The fourth-order valence-corrected chi connectivity index (χ4v) is 6.80. The average Bonchev–Trinajstić information content (AvgIpc) is 3.76. The van der Waals surface area contributed by atoms with Gasteiger partial charge < -0.3 is 20.3 Å². The minimum Gasteiger partial charge on any atom is -0.484 e. The van der Waals surface area contributed by atoms with Gasteiger partial charge in [-0.05, 0) is 50.2 Å². The van der Waals surface area contributed by atoms with Crippen molar-refractivity contribution < 1.29 is 9.53 Å². The quantitative estimate of drug-likeness (QED) is 0.199. The summed E-state index contributed by atoms with van der Waals surface area (Å²) in [5.41, 5.74) is 10.4. The SMILES string of the molecule is CCN1CCN(CCCn2cc(-c3ccc4c(c3)ncn4-c3cc(O[C@H](C)c4ccccc4Cl)c(C(N)=O)s3)cn2)CC1. The highest BCUT2D eigenvalue weighted by molar-refractivity contribution is 7.16. The molecule has 43 heavy (non-hydrogen) atoms. The number of carbonyl (C=O) groups excluding carboxylic acids is 1. The molecule has 4 heterocycles. The minimum absolute atomic E-state index is 0.350. The maximum atomic E-state index is 12.3. The number of likely N-dealkylation sites (N-methyl/N-ethyl adjacent to an activating group) is 1. The second-order valence-electron chi connectivity index (χ2n) is 10.9. The summed E-state index contributed by atoms with van der Waals surface area (Å²) in [6, 6.07) is 15.5. The van der Waals surface area contributed by atoms with E-state index in [-0.39, 0.29) is 6.10 Å². The molecule has 0 spiro atoms. The Morgan fingerprint density at radius 1 is 1.07 bits per heavy atom. The lowest BCUT2D eigenvalue weighted by Crippen LogP contribution is -2.46. The number of aryl methyl sites for hydroxylation is 1. The van der Waals surface area contributed by atoms with Crippen molar-refractivity contribution in [3.8, 4) is 21.9 Å². The zero-order valence-corrected chi connectivity index (χ0v) is 26.0. The van der Waals surface area contributed by atoms with Crippen LogP contribution in [0.2, 0.25) is 5.02 Å². The van der Waals surface area contributed by atoms with E-state index >= 15 is 0 Å². The number of nitrogens with two attached hydrogens (primary N) is 1. The number of primary amides is 1. The predicted octanol–water partition coefficient (Wildman–Crippen LogP) is 5.87. The van der Waals surface area contributed by atoms with E-state index in [1.165, 1.54) is 11.3 Å². The molecule has 9 nitrogen and oxygen atoms in total. The van der Waals surface area contributed by atoms with Crippen molar-refractivity contribution in [3.63, 3.8) is 0 Å². The van der Waals surface area contributed by atoms with Gasteiger partial charge in [-0.15, -0.1) is 11.3 Å². The summed E-state index contributed by atoms with van der Waals surface area (Å²) >= 11 is 7.64. The Morgan fingerprint density at radius 3 is 2.63 bits per heavy atom. The van der Waals surface area contributed by atoms with Gasteiger partial charge in [-0.1, -0.05) is 42.8 Å². The summed E-state index contributed by atoms with van der Waals surface area (Å²) in [6.07, 6.45) is 6.49. The van der Waals surface area contributed by atoms with Crippen molar-refractivity contribution in [3.05, 3.63) is 82.7 Å². The zero-order valence-electron chi connectivity index (χ0n) is 24.4. The molecule has 11 heteroatoms. The van der Waals surface area contributed by atoms with Crippen molar-refractivity contribution in [1.82, 2.24) is 29.1 Å². The first-order valence-electron chi connectivity index (χ1n) is 14.7. The van der Waals surface area contributed by atoms with Gasteiger partial charge in [0.25, 0.3) is 5.91 Å². The van der Waals surface area contributed by atoms with Crippen LogP contribution in [0.4, 0.5) is 0 Å². The first-order chi connectivity index (χ1) is 20.9. The molecule has 1 aliphatic heterocycles. The summed E-state index contributed by atoms with van der Waals surface area (Å²) in [4.78, 5) is 22.4. The van der Waals surface area contributed by atoms with Gasteiger partial charge in [0, 0.05) is 61.1 Å². The number of hydrogen-bond acceptors (Lipinski definition) is 7. The number of fused-ring (bicyclic) bond motifs is 1. The number of carbonyl (C=O) groups is 1. The van der Waals surface area contributed by atoms with E-state index in [0.29, 0.717) is 15.6 Å². The molecule has 1 fully saturated rings. The molecule has 1 aliphatic rings. The van der Waals surface area contributed by atoms with Gasteiger partial charge in [-0.3, -0.25) is 14.0 Å². The number of amides is 1. The molecule has 3 aromatic heterocycles. The minimum atomic E-state index is -0.541. The fraction of sp³-hybridized carbons (Fsp3) is 0.344. The number of thiophene rings is 1. The summed E-state index contributed by atoms with van der Waals surface area (Å²) in [5.74, 6) is -0.116. The average molecular weight is 618 g/mol. The van der Waals surface area contributed by atoms with Gasteiger partial charge in [0.1, 0.15) is 28.1 Å². The number of aromatic nitrogens is 4. The molecule has 0 radical (unpaired) electrons. The lowest BCUT2D eigenvalue weighted by atomic mass is 10.1. The fourth-order valence-electron chi connectivity index (χ4n) is 5.59. The molecule has 0 unspecified atom stereocenters. The number of halogens is 1. The first-order valence-corrected chi connectivity index (χ1v) is 15.9. The number of nitrogens with zero attached hydrogens (tertiary/aromatic N) is 6. The highest BCUT2D eigenvalue weighted by Crippen LogP contribution is 2.37. The van der Waals surface area contributed by atoms with Crippen molar-refractivity contribution in [1.29, 1.82) is 0 Å². The lowest BCUT2D eigenvalue weighted by Gasteiger charge is -2.33. The molecule has 1 atom stereocenters. The van der Waals surface area contributed by atoms with Crippen LogP contribution in [0.3, 0.4) is 0 Å². The van der Waals surface area contributed by atoms with E-state index in [2.05, 4.69) is 45.1 Å². The van der Waals surface area contributed by atoms with Crippen LogP contribution >= 0.6 is 22.9 Å². The molecule has 2 aromatic carbocycles. The standard InChI is InChI=1S/C32H36ClN7O2S/c1-3-37-13-15-38(16-14-37)11-6-12-39-20-24(19-36-39)23-9-10-28-27(17-23)35-21-40(28)30-18-29(31(43-30)32(34)41)42-22(2)25-7-4-5-8-26(25)33/h4-5,7-10,17-22H,3,6,11-16H2,1-2H3,(H2,34,41)/t22-/m1/s1.